The molecule has 0 unspecified atom stereocenters. The first kappa shape index (κ1) is 13.6. The largest absolute Gasteiger partial charge is 0.497 e. The second-order valence-electron chi connectivity index (χ2n) is 4.23. The minimum absolute atomic E-state index is 0.0226. The number of hydrogen-bond donors (Lipinski definition) is 1. The molecule has 0 bridgehead atoms. The number of carbonyl (C=O) groups is 1. The number of hydrogen-bond acceptors (Lipinski definition) is 4. The number of methoxy groups -OCH3 is 1. The summed E-state index contributed by atoms with van der Waals surface area (Å²) in [5, 5.41) is 8.54. The zero-order valence-electron chi connectivity index (χ0n) is 10.6. The molecule has 5 nitrogen and oxygen atoms in total. The van der Waals surface area contributed by atoms with Gasteiger partial charge in [0.05, 0.1) is 20.3 Å². The molecule has 102 valence electrons. The number of ether oxygens (including phenoxy) is 3. The normalized spacial score (nSPS) is 23.4. The fraction of sp³-hybridized carbons (Fsp3) is 0.357. The molecule has 19 heavy (non-hydrogen) atoms. The molecule has 0 aliphatic carbocycles. The average molecular weight is 264 g/mol. The summed E-state index contributed by atoms with van der Waals surface area (Å²) >= 11 is 0. The fourth-order valence-electron chi connectivity index (χ4n) is 1.80. The van der Waals surface area contributed by atoms with Crippen molar-refractivity contribution in [3.63, 3.8) is 0 Å². The van der Waals surface area contributed by atoms with Gasteiger partial charge in [-0.3, -0.25) is 0 Å². The van der Waals surface area contributed by atoms with Gasteiger partial charge in [-0.05, 0) is 12.1 Å². The van der Waals surface area contributed by atoms with E-state index < -0.39 is 12.3 Å². The Morgan fingerprint density at radius 1 is 1.32 bits per heavy atom. The van der Waals surface area contributed by atoms with Crippen molar-refractivity contribution in [2.45, 2.75) is 6.29 Å². The van der Waals surface area contributed by atoms with E-state index in [4.69, 9.17) is 19.3 Å². The van der Waals surface area contributed by atoms with Gasteiger partial charge in [-0.2, -0.15) is 0 Å². The first-order chi connectivity index (χ1) is 9.19. The molecular formula is C14H16O5. The maximum absolute atomic E-state index is 10.4. The van der Waals surface area contributed by atoms with Crippen LogP contribution in [0.3, 0.4) is 0 Å². The molecule has 0 atom stereocenters. The van der Waals surface area contributed by atoms with E-state index in [-0.39, 0.29) is 5.92 Å². The van der Waals surface area contributed by atoms with Crippen LogP contribution in [0.4, 0.5) is 0 Å². The maximum atomic E-state index is 10.4. The van der Waals surface area contributed by atoms with E-state index >= 15 is 0 Å². The summed E-state index contributed by atoms with van der Waals surface area (Å²) in [6.45, 7) is 0.890. The molecule has 5 heteroatoms. The predicted octanol–water partition coefficient (Wildman–Crippen LogP) is 2.00. The molecule has 0 amide bonds. The first-order valence-electron chi connectivity index (χ1n) is 5.97. The van der Waals surface area contributed by atoms with Gasteiger partial charge in [-0.1, -0.05) is 18.2 Å². The summed E-state index contributed by atoms with van der Waals surface area (Å²) in [6, 6.07) is 7.46. The second kappa shape index (κ2) is 6.36. The Labute approximate surface area is 111 Å². The Balaban J connectivity index is 1.90. The van der Waals surface area contributed by atoms with E-state index in [0.29, 0.717) is 13.2 Å². The van der Waals surface area contributed by atoms with Crippen LogP contribution in [-0.4, -0.2) is 31.4 Å². The van der Waals surface area contributed by atoms with Gasteiger partial charge in [-0.25, -0.2) is 4.79 Å². The van der Waals surface area contributed by atoms with Gasteiger partial charge in [-0.15, -0.1) is 0 Å². The minimum Gasteiger partial charge on any atom is -0.497 e. The molecule has 2 rings (SSSR count). The van der Waals surface area contributed by atoms with Crippen molar-refractivity contribution in [3.05, 3.63) is 42.0 Å². The topological polar surface area (TPSA) is 65.0 Å². The van der Waals surface area contributed by atoms with Crippen LogP contribution < -0.4 is 4.74 Å². The van der Waals surface area contributed by atoms with Crippen LogP contribution >= 0.6 is 0 Å². The van der Waals surface area contributed by atoms with Crippen molar-refractivity contribution in [2.75, 3.05) is 20.3 Å². The highest BCUT2D eigenvalue weighted by Crippen LogP contribution is 2.26. The Bertz CT molecular complexity index is 443. The lowest BCUT2D eigenvalue weighted by molar-refractivity contribution is -0.197. The molecule has 1 aromatic rings. The highest BCUT2D eigenvalue weighted by Gasteiger charge is 2.22. The van der Waals surface area contributed by atoms with Crippen molar-refractivity contribution < 1.29 is 24.1 Å². The van der Waals surface area contributed by atoms with Crippen LogP contribution in [-0.2, 0) is 14.3 Å². The molecule has 0 saturated carbocycles. The zero-order valence-corrected chi connectivity index (χ0v) is 10.6. The molecule has 1 aliphatic rings. The molecule has 1 fully saturated rings. The Morgan fingerprint density at radius 3 is 2.47 bits per heavy atom. The van der Waals surface area contributed by atoms with E-state index in [9.17, 15) is 4.79 Å². The van der Waals surface area contributed by atoms with Crippen LogP contribution in [0, 0.1) is 5.92 Å². The SMILES string of the molecule is COc1ccc(C2OCC(C=CC(=O)O)CO2)cc1. The van der Waals surface area contributed by atoms with Gasteiger partial charge in [0.1, 0.15) is 5.75 Å². The average Bonchev–Trinajstić information content (AvgIpc) is 2.46. The third kappa shape index (κ3) is 3.81. The third-order valence-electron chi connectivity index (χ3n) is 2.82. The van der Waals surface area contributed by atoms with Crippen LogP contribution in [0.2, 0.25) is 0 Å². The smallest absolute Gasteiger partial charge is 0.327 e. The highest BCUT2D eigenvalue weighted by atomic mass is 16.7. The first-order valence-corrected chi connectivity index (χ1v) is 5.97. The van der Waals surface area contributed by atoms with Gasteiger partial charge in [0.15, 0.2) is 6.29 Å². The number of aliphatic carboxylic acids is 1. The molecule has 1 saturated heterocycles. The Hall–Kier alpha value is -1.85. The number of rotatable bonds is 4. The molecule has 1 aromatic carbocycles. The van der Waals surface area contributed by atoms with E-state index in [2.05, 4.69) is 0 Å². The molecule has 1 N–H and O–H groups in total. The summed E-state index contributed by atoms with van der Waals surface area (Å²) in [4.78, 5) is 10.4. The molecule has 0 aromatic heterocycles. The summed E-state index contributed by atoms with van der Waals surface area (Å²) in [6.07, 6.45) is 2.30. The lowest BCUT2D eigenvalue weighted by Gasteiger charge is -2.28. The Morgan fingerprint density at radius 2 is 1.95 bits per heavy atom. The molecular weight excluding hydrogens is 248 g/mol. The standard InChI is InChI=1S/C14H16O5/c1-17-12-5-3-11(4-6-12)14-18-8-10(9-19-14)2-7-13(15)16/h2-7,10,14H,8-9H2,1H3,(H,15,16). The highest BCUT2D eigenvalue weighted by molar-refractivity contribution is 5.79. The molecule has 1 aliphatic heterocycles. The minimum atomic E-state index is -0.961. The van der Waals surface area contributed by atoms with Crippen LogP contribution in [0.25, 0.3) is 0 Å². The lowest BCUT2D eigenvalue weighted by atomic mass is 10.1. The van der Waals surface area contributed by atoms with E-state index in [1.807, 2.05) is 24.3 Å². The summed E-state index contributed by atoms with van der Waals surface area (Å²) < 4.78 is 16.2. The number of benzene rings is 1. The van der Waals surface area contributed by atoms with Crippen molar-refractivity contribution in [3.8, 4) is 5.75 Å². The van der Waals surface area contributed by atoms with E-state index in [1.54, 1.807) is 13.2 Å². The molecule has 0 radical (unpaired) electrons. The van der Waals surface area contributed by atoms with Crippen molar-refractivity contribution in [2.24, 2.45) is 5.92 Å². The number of carboxylic acid groups (broad SMARTS) is 1. The third-order valence-corrected chi connectivity index (χ3v) is 2.82. The van der Waals surface area contributed by atoms with Crippen molar-refractivity contribution in [1.29, 1.82) is 0 Å². The molecule has 1 heterocycles. The summed E-state index contributed by atoms with van der Waals surface area (Å²) in [5.74, 6) is -0.204. The predicted molar refractivity (Wildman–Crippen MR) is 67.9 cm³/mol. The summed E-state index contributed by atoms with van der Waals surface area (Å²) in [5.41, 5.74) is 0.918. The maximum Gasteiger partial charge on any atom is 0.327 e. The quantitative estimate of drug-likeness (QED) is 0.842. The summed E-state index contributed by atoms with van der Waals surface area (Å²) in [7, 11) is 1.61. The van der Waals surface area contributed by atoms with Crippen molar-refractivity contribution >= 4 is 5.97 Å². The monoisotopic (exact) mass is 264 g/mol. The Kier molecular flexibility index (Phi) is 4.54. The fourth-order valence-corrected chi connectivity index (χ4v) is 1.80. The van der Waals surface area contributed by atoms with Gasteiger partial charge >= 0.3 is 5.97 Å². The number of carboxylic acids is 1. The van der Waals surface area contributed by atoms with Crippen molar-refractivity contribution in [1.82, 2.24) is 0 Å². The van der Waals surface area contributed by atoms with E-state index in [1.165, 1.54) is 0 Å². The van der Waals surface area contributed by atoms with Gasteiger partial charge < -0.3 is 19.3 Å². The molecule has 0 spiro atoms. The van der Waals surface area contributed by atoms with Crippen LogP contribution in [0.15, 0.2) is 36.4 Å². The lowest BCUT2D eigenvalue weighted by Crippen LogP contribution is -2.25. The van der Waals surface area contributed by atoms with Crippen LogP contribution in [0.5, 0.6) is 5.75 Å². The van der Waals surface area contributed by atoms with Crippen LogP contribution in [0.1, 0.15) is 11.9 Å². The zero-order chi connectivity index (χ0) is 13.7. The van der Waals surface area contributed by atoms with Gasteiger partial charge in [0.25, 0.3) is 0 Å². The van der Waals surface area contributed by atoms with Gasteiger partial charge in [0.2, 0.25) is 0 Å². The van der Waals surface area contributed by atoms with Gasteiger partial charge in [0, 0.05) is 17.6 Å². The second-order valence-corrected chi connectivity index (χ2v) is 4.23. The van der Waals surface area contributed by atoms with E-state index in [0.717, 1.165) is 17.4 Å².